The molecule has 0 amide bonds. The van der Waals surface area contributed by atoms with E-state index in [1.54, 1.807) is 12.1 Å². The molecule has 0 aliphatic heterocycles. The van der Waals surface area contributed by atoms with Gasteiger partial charge < -0.3 is 0 Å². The van der Waals surface area contributed by atoms with Gasteiger partial charge in [0.15, 0.2) is 0 Å². The highest BCUT2D eigenvalue weighted by Crippen LogP contribution is 2.47. The lowest BCUT2D eigenvalue weighted by atomic mass is 10.1. The lowest BCUT2D eigenvalue weighted by molar-refractivity contribution is 0.515. The van der Waals surface area contributed by atoms with Gasteiger partial charge >= 0.3 is 0 Å². The SMILES string of the molecule is Cc1ccc(S(=O)(=O)N(/N=C/[C@H]2C[C@@H]2c2ccccc2)[Si](C)(C)C(C)(C)C)cc1. The van der Waals surface area contributed by atoms with E-state index in [0.29, 0.717) is 10.8 Å². The minimum absolute atomic E-state index is 0.162. The topological polar surface area (TPSA) is 49.7 Å². The smallest absolute Gasteiger partial charge is 0.221 e. The van der Waals surface area contributed by atoms with E-state index < -0.39 is 18.3 Å². The molecule has 29 heavy (non-hydrogen) atoms. The van der Waals surface area contributed by atoms with Gasteiger partial charge in [-0.2, -0.15) is 5.10 Å². The van der Waals surface area contributed by atoms with Crippen LogP contribution >= 0.6 is 0 Å². The molecule has 0 heterocycles. The van der Waals surface area contributed by atoms with Crippen molar-refractivity contribution in [3.8, 4) is 0 Å². The van der Waals surface area contributed by atoms with Crippen molar-refractivity contribution in [2.75, 3.05) is 0 Å². The van der Waals surface area contributed by atoms with Gasteiger partial charge in [-0.15, -0.1) is 0 Å². The summed E-state index contributed by atoms with van der Waals surface area (Å²) in [6.07, 6.45) is 2.88. The van der Waals surface area contributed by atoms with Crippen LogP contribution in [0.4, 0.5) is 0 Å². The van der Waals surface area contributed by atoms with Crippen molar-refractivity contribution in [1.29, 1.82) is 0 Å². The second-order valence-corrected chi connectivity index (χ2v) is 16.7. The third-order valence-electron chi connectivity index (χ3n) is 6.29. The Kier molecular flexibility index (Phi) is 5.80. The molecule has 1 saturated carbocycles. The minimum Gasteiger partial charge on any atom is -0.221 e. The van der Waals surface area contributed by atoms with Crippen LogP contribution in [0.25, 0.3) is 0 Å². The quantitative estimate of drug-likeness (QED) is 0.333. The molecule has 2 aromatic rings. The van der Waals surface area contributed by atoms with E-state index in [1.165, 1.54) is 9.64 Å². The van der Waals surface area contributed by atoms with Crippen molar-refractivity contribution in [1.82, 2.24) is 4.08 Å². The van der Waals surface area contributed by atoms with Gasteiger partial charge in [-0.25, -0.2) is 12.5 Å². The normalized spacial score (nSPS) is 20.1. The summed E-state index contributed by atoms with van der Waals surface area (Å²) in [7, 11) is -6.17. The van der Waals surface area contributed by atoms with E-state index in [9.17, 15) is 8.42 Å². The minimum atomic E-state index is -3.71. The van der Waals surface area contributed by atoms with Gasteiger partial charge in [0.05, 0.1) is 4.90 Å². The van der Waals surface area contributed by atoms with Crippen LogP contribution in [0.2, 0.25) is 18.1 Å². The summed E-state index contributed by atoms with van der Waals surface area (Å²) < 4.78 is 28.6. The Balaban J connectivity index is 1.93. The van der Waals surface area contributed by atoms with Crippen molar-refractivity contribution in [3.05, 3.63) is 65.7 Å². The molecule has 2 atom stereocenters. The zero-order chi connectivity index (χ0) is 21.4. The van der Waals surface area contributed by atoms with Gasteiger partial charge in [0.25, 0.3) is 10.0 Å². The summed E-state index contributed by atoms with van der Waals surface area (Å²) in [5.41, 5.74) is 2.33. The fraction of sp³-hybridized carbons (Fsp3) is 0.435. The van der Waals surface area contributed by atoms with E-state index in [-0.39, 0.29) is 11.0 Å². The fourth-order valence-corrected chi connectivity index (χ4v) is 8.54. The molecule has 4 nitrogen and oxygen atoms in total. The van der Waals surface area contributed by atoms with Crippen molar-refractivity contribution < 1.29 is 8.42 Å². The van der Waals surface area contributed by atoms with Crippen LogP contribution in [-0.2, 0) is 10.0 Å². The van der Waals surface area contributed by atoms with E-state index in [0.717, 1.165) is 12.0 Å². The van der Waals surface area contributed by atoms with Crippen molar-refractivity contribution in [2.45, 2.75) is 63.1 Å². The zero-order valence-corrected chi connectivity index (χ0v) is 20.1. The van der Waals surface area contributed by atoms with Crippen molar-refractivity contribution in [3.63, 3.8) is 0 Å². The number of hydrogen-bond acceptors (Lipinski definition) is 3. The molecule has 6 heteroatoms. The first-order valence-corrected chi connectivity index (χ1v) is 14.5. The first-order chi connectivity index (χ1) is 13.4. The number of aryl methyl sites for hydroxylation is 1. The number of hydrogen-bond donors (Lipinski definition) is 0. The number of benzene rings is 2. The molecule has 3 rings (SSSR count). The van der Waals surface area contributed by atoms with Gasteiger partial charge in [0.1, 0.15) is 0 Å². The maximum Gasteiger partial charge on any atom is 0.271 e. The second-order valence-electron chi connectivity index (χ2n) is 9.55. The molecule has 0 bridgehead atoms. The first-order valence-electron chi connectivity index (χ1n) is 10.2. The predicted molar refractivity (Wildman–Crippen MR) is 123 cm³/mol. The maximum atomic E-state index is 13.6. The average molecular weight is 429 g/mol. The van der Waals surface area contributed by atoms with Crippen LogP contribution in [0.1, 0.15) is 44.2 Å². The third kappa shape index (κ3) is 4.48. The third-order valence-corrected chi connectivity index (χ3v) is 14.5. The van der Waals surface area contributed by atoms with E-state index in [1.807, 2.05) is 43.5 Å². The molecular formula is C23H32N2O2SSi. The van der Waals surface area contributed by atoms with E-state index in [4.69, 9.17) is 0 Å². The lowest BCUT2D eigenvalue weighted by Gasteiger charge is -2.42. The standard InChI is InChI=1S/C23H32N2O2SSi/c1-18-12-14-21(15-13-18)28(26,27)25(29(5,6)23(2,3)4)24-17-20-16-22(20)19-10-8-7-9-11-19/h7-15,17,20,22H,16H2,1-6H3/b24-17+/t20-,22-/m1/s1. The summed E-state index contributed by atoms with van der Waals surface area (Å²) in [6.45, 7) is 12.4. The summed E-state index contributed by atoms with van der Waals surface area (Å²) in [4.78, 5) is 0.306. The second kappa shape index (κ2) is 7.72. The zero-order valence-electron chi connectivity index (χ0n) is 18.3. The maximum absolute atomic E-state index is 13.6. The molecule has 0 N–H and O–H groups in total. The van der Waals surface area contributed by atoms with Gasteiger partial charge in [0, 0.05) is 12.1 Å². The highest BCUT2D eigenvalue weighted by Gasteiger charge is 2.48. The molecule has 0 radical (unpaired) electrons. The summed E-state index contributed by atoms with van der Waals surface area (Å²) in [5, 5.41) is 4.49. The summed E-state index contributed by atoms with van der Waals surface area (Å²) in [5.74, 6) is 0.723. The molecule has 0 unspecified atom stereocenters. The Hall–Kier alpha value is -1.92. The van der Waals surface area contributed by atoms with Crippen LogP contribution in [0.5, 0.6) is 0 Å². The fourth-order valence-electron chi connectivity index (χ4n) is 3.21. The van der Waals surface area contributed by atoms with Crippen LogP contribution in [0.15, 0.2) is 64.6 Å². The van der Waals surface area contributed by atoms with Crippen LogP contribution in [0.3, 0.4) is 0 Å². The number of rotatable bonds is 6. The Morgan fingerprint density at radius 3 is 2.17 bits per heavy atom. The number of sulfonamides is 1. The molecular weight excluding hydrogens is 396 g/mol. The summed E-state index contributed by atoms with van der Waals surface area (Å²) >= 11 is 0. The largest absolute Gasteiger partial charge is 0.271 e. The van der Waals surface area contributed by atoms with Crippen LogP contribution in [-0.4, -0.2) is 26.9 Å². The highest BCUT2D eigenvalue weighted by molar-refractivity contribution is 7.90. The van der Waals surface area contributed by atoms with E-state index >= 15 is 0 Å². The Morgan fingerprint density at radius 2 is 1.62 bits per heavy atom. The van der Waals surface area contributed by atoms with Gasteiger partial charge in [-0.05, 0) is 55.1 Å². The molecule has 156 valence electrons. The molecule has 2 aromatic carbocycles. The highest BCUT2D eigenvalue weighted by atomic mass is 32.2. The van der Waals surface area contributed by atoms with Crippen molar-refractivity contribution >= 4 is 24.5 Å². The number of nitrogens with zero attached hydrogens (tertiary/aromatic N) is 2. The molecule has 0 spiro atoms. The van der Waals surface area contributed by atoms with Crippen LogP contribution in [0, 0.1) is 12.8 Å². The van der Waals surface area contributed by atoms with Gasteiger partial charge in [-0.1, -0.05) is 68.8 Å². The van der Waals surface area contributed by atoms with Crippen LogP contribution < -0.4 is 0 Å². The Labute approximate surface area is 176 Å². The summed E-state index contributed by atoms with van der Waals surface area (Å²) in [6, 6.07) is 17.4. The van der Waals surface area contributed by atoms with Gasteiger partial charge in [0.2, 0.25) is 8.24 Å². The average Bonchev–Trinajstić information content (AvgIpc) is 3.41. The molecule has 1 aliphatic rings. The monoisotopic (exact) mass is 428 g/mol. The first kappa shape index (κ1) is 21.8. The van der Waals surface area contributed by atoms with Crippen molar-refractivity contribution in [2.24, 2.45) is 11.0 Å². The predicted octanol–water partition coefficient (Wildman–Crippen LogP) is 5.78. The van der Waals surface area contributed by atoms with Gasteiger partial charge in [-0.3, -0.25) is 0 Å². The molecule has 0 aromatic heterocycles. The Morgan fingerprint density at radius 1 is 1.03 bits per heavy atom. The van der Waals surface area contributed by atoms with E-state index in [2.05, 4.69) is 51.1 Å². The number of hydrazone groups is 1. The molecule has 1 fully saturated rings. The Bertz CT molecular complexity index is 978. The lowest BCUT2D eigenvalue weighted by Crippen LogP contribution is -2.54. The molecule has 0 saturated heterocycles. The molecule has 1 aliphatic carbocycles.